The highest BCUT2D eigenvalue weighted by molar-refractivity contribution is 7.99. The van der Waals surface area contributed by atoms with Crippen molar-refractivity contribution in [3.63, 3.8) is 0 Å². The number of thioether (sulfide) groups is 1. The van der Waals surface area contributed by atoms with E-state index in [-0.39, 0.29) is 17.2 Å². The lowest BCUT2D eigenvalue weighted by Crippen LogP contribution is -2.24. The molecule has 0 radical (unpaired) electrons. The molecule has 1 N–H and O–H groups in total. The third-order valence-corrected chi connectivity index (χ3v) is 7.82. The monoisotopic (exact) mass is 500 g/mol. The van der Waals surface area contributed by atoms with Gasteiger partial charge in [0.2, 0.25) is 5.91 Å². The molecule has 0 spiro atoms. The molecule has 0 saturated carbocycles. The largest absolute Gasteiger partial charge is 0.325 e. The molecule has 2 aromatic carbocycles. The molecule has 0 aliphatic rings. The summed E-state index contributed by atoms with van der Waals surface area (Å²) in [5, 5.41) is 4.31. The number of anilines is 1. The van der Waals surface area contributed by atoms with E-state index in [1.807, 2.05) is 67.6 Å². The van der Waals surface area contributed by atoms with Crippen molar-refractivity contribution in [3.05, 3.63) is 93.9 Å². The molecule has 0 atom stereocenters. The molecule has 5 aromatic rings. The minimum Gasteiger partial charge on any atom is -0.325 e. The molecule has 0 bridgehead atoms. The first-order valence-electron chi connectivity index (χ1n) is 11.4. The summed E-state index contributed by atoms with van der Waals surface area (Å²) in [5.41, 5.74) is 4.65. The zero-order valence-corrected chi connectivity index (χ0v) is 21.1. The van der Waals surface area contributed by atoms with Crippen LogP contribution in [-0.4, -0.2) is 26.2 Å². The topological polar surface area (TPSA) is 76.9 Å². The van der Waals surface area contributed by atoms with Crippen LogP contribution in [0.3, 0.4) is 0 Å². The van der Waals surface area contributed by atoms with Gasteiger partial charge in [0, 0.05) is 17.3 Å². The van der Waals surface area contributed by atoms with Gasteiger partial charge in [0.1, 0.15) is 9.53 Å². The van der Waals surface area contributed by atoms with Gasteiger partial charge in [-0.1, -0.05) is 60.6 Å². The number of amides is 1. The summed E-state index contributed by atoms with van der Waals surface area (Å²) in [5.74, 6) is -0.00543. The van der Waals surface area contributed by atoms with Crippen LogP contribution in [0.25, 0.3) is 20.4 Å². The number of rotatable bonds is 7. The molecule has 35 heavy (non-hydrogen) atoms. The SMILES string of the molecule is CCc1ccc(NC(=O)CSc2nc3c(sc4ncccc43)c(=O)n2Cc2ccc(C)cc2)cc1. The molecule has 5 rings (SSSR count). The Kier molecular flexibility index (Phi) is 6.66. The first-order valence-corrected chi connectivity index (χ1v) is 13.2. The van der Waals surface area contributed by atoms with Gasteiger partial charge in [0.15, 0.2) is 5.16 Å². The van der Waals surface area contributed by atoms with Crippen LogP contribution in [0, 0.1) is 6.92 Å². The fourth-order valence-electron chi connectivity index (χ4n) is 3.82. The highest BCUT2D eigenvalue weighted by Gasteiger charge is 2.18. The fourth-order valence-corrected chi connectivity index (χ4v) is 5.64. The van der Waals surface area contributed by atoms with Crippen LogP contribution in [0.5, 0.6) is 0 Å². The number of benzene rings is 2. The third-order valence-electron chi connectivity index (χ3n) is 5.76. The highest BCUT2D eigenvalue weighted by Crippen LogP contribution is 2.30. The summed E-state index contributed by atoms with van der Waals surface area (Å²) in [4.78, 5) is 36.3. The van der Waals surface area contributed by atoms with Gasteiger partial charge in [-0.15, -0.1) is 11.3 Å². The van der Waals surface area contributed by atoms with Crippen molar-refractivity contribution in [1.82, 2.24) is 14.5 Å². The molecule has 8 heteroatoms. The Morgan fingerprint density at radius 3 is 2.54 bits per heavy atom. The maximum atomic E-state index is 13.6. The maximum Gasteiger partial charge on any atom is 0.272 e. The van der Waals surface area contributed by atoms with E-state index in [2.05, 4.69) is 17.2 Å². The predicted octanol–water partition coefficient (Wildman–Crippen LogP) is 5.66. The predicted molar refractivity (Wildman–Crippen MR) is 145 cm³/mol. The van der Waals surface area contributed by atoms with Gasteiger partial charge in [-0.05, 0) is 48.7 Å². The smallest absolute Gasteiger partial charge is 0.272 e. The molecule has 0 unspecified atom stereocenters. The number of thiophene rings is 1. The molecule has 0 aliphatic heterocycles. The fraction of sp³-hybridized carbons (Fsp3) is 0.185. The van der Waals surface area contributed by atoms with E-state index in [9.17, 15) is 9.59 Å². The Morgan fingerprint density at radius 2 is 1.80 bits per heavy atom. The van der Waals surface area contributed by atoms with Gasteiger partial charge in [-0.2, -0.15) is 0 Å². The highest BCUT2D eigenvalue weighted by atomic mass is 32.2. The number of aromatic nitrogens is 3. The van der Waals surface area contributed by atoms with Crippen molar-refractivity contribution in [3.8, 4) is 0 Å². The molecule has 3 heterocycles. The lowest BCUT2D eigenvalue weighted by molar-refractivity contribution is -0.113. The van der Waals surface area contributed by atoms with Crippen LogP contribution >= 0.6 is 23.1 Å². The van der Waals surface area contributed by atoms with Crippen LogP contribution in [0.15, 0.2) is 76.8 Å². The Hall–Kier alpha value is -3.49. The normalized spacial score (nSPS) is 11.3. The molecular formula is C27H24N4O2S2. The Balaban J connectivity index is 1.47. The summed E-state index contributed by atoms with van der Waals surface area (Å²) < 4.78 is 2.24. The quantitative estimate of drug-likeness (QED) is 0.231. The molecule has 6 nitrogen and oxygen atoms in total. The van der Waals surface area contributed by atoms with Gasteiger partial charge in [-0.25, -0.2) is 9.97 Å². The van der Waals surface area contributed by atoms with Crippen molar-refractivity contribution in [2.45, 2.75) is 32.0 Å². The van der Waals surface area contributed by atoms with Gasteiger partial charge >= 0.3 is 0 Å². The van der Waals surface area contributed by atoms with Crippen LogP contribution < -0.4 is 10.9 Å². The second-order valence-electron chi connectivity index (χ2n) is 8.29. The number of pyridine rings is 1. The molecule has 0 saturated heterocycles. The second kappa shape index (κ2) is 10.0. The molecule has 0 aliphatic carbocycles. The number of carbonyl (C=O) groups is 1. The lowest BCUT2D eigenvalue weighted by atomic mass is 10.1. The van der Waals surface area contributed by atoms with Gasteiger partial charge in [0.25, 0.3) is 5.56 Å². The maximum absolute atomic E-state index is 13.6. The summed E-state index contributed by atoms with van der Waals surface area (Å²) in [7, 11) is 0. The zero-order chi connectivity index (χ0) is 24.4. The average molecular weight is 501 g/mol. The van der Waals surface area contributed by atoms with Crippen molar-refractivity contribution in [2.75, 3.05) is 11.1 Å². The number of hydrogen-bond acceptors (Lipinski definition) is 6. The van der Waals surface area contributed by atoms with Crippen molar-refractivity contribution < 1.29 is 4.79 Å². The van der Waals surface area contributed by atoms with Crippen LogP contribution in [0.2, 0.25) is 0 Å². The summed E-state index contributed by atoms with van der Waals surface area (Å²) in [6, 6.07) is 19.7. The first kappa shape index (κ1) is 23.3. The van der Waals surface area contributed by atoms with Crippen LogP contribution in [0.1, 0.15) is 23.6 Å². The van der Waals surface area contributed by atoms with Crippen molar-refractivity contribution in [1.29, 1.82) is 0 Å². The Labute approximate surface area is 211 Å². The number of aryl methyl sites for hydroxylation is 2. The number of nitrogens with one attached hydrogen (secondary N) is 1. The standard InChI is InChI=1S/C27H24N4O2S2/c1-3-18-10-12-20(13-11-18)29-22(32)16-34-27-30-23-21-5-4-14-28-25(21)35-24(23)26(33)31(27)15-19-8-6-17(2)7-9-19/h4-14H,3,15-16H2,1-2H3,(H,29,32). The van der Waals surface area contributed by atoms with E-state index < -0.39 is 0 Å². The molecule has 176 valence electrons. The first-order chi connectivity index (χ1) is 17.0. The number of carbonyl (C=O) groups excluding carboxylic acids is 1. The average Bonchev–Trinajstić information content (AvgIpc) is 3.25. The van der Waals surface area contributed by atoms with E-state index in [0.29, 0.717) is 21.9 Å². The number of fused-ring (bicyclic) bond motifs is 3. The van der Waals surface area contributed by atoms with E-state index in [1.165, 1.54) is 28.7 Å². The number of nitrogens with zero attached hydrogens (tertiary/aromatic N) is 3. The number of hydrogen-bond donors (Lipinski definition) is 1. The van der Waals surface area contributed by atoms with Gasteiger partial charge in [-0.3, -0.25) is 14.2 Å². The van der Waals surface area contributed by atoms with E-state index in [1.54, 1.807) is 10.8 Å². The zero-order valence-electron chi connectivity index (χ0n) is 19.4. The third kappa shape index (κ3) is 4.99. The van der Waals surface area contributed by atoms with E-state index in [4.69, 9.17) is 4.98 Å². The lowest BCUT2D eigenvalue weighted by Gasteiger charge is -2.13. The summed E-state index contributed by atoms with van der Waals surface area (Å²) >= 11 is 2.63. The Bertz CT molecular complexity index is 1570. The second-order valence-corrected chi connectivity index (χ2v) is 10.2. The molecule has 1 amide bonds. The summed E-state index contributed by atoms with van der Waals surface area (Å²) in [6.07, 6.45) is 2.67. The molecule has 3 aromatic heterocycles. The van der Waals surface area contributed by atoms with E-state index in [0.717, 1.165) is 33.5 Å². The molecule has 0 fully saturated rings. The molecular weight excluding hydrogens is 476 g/mol. The minimum absolute atomic E-state index is 0.114. The van der Waals surface area contributed by atoms with Crippen LogP contribution in [0.4, 0.5) is 5.69 Å². The van der Waals surface area contributed by atoms with Crippen molar-refractivity contribution in [2.24, 2.45) is 0 Å². The Morgan fingerprint density at radius 1 is 1.06 bits per heavy atom. The van der Waals surface area contributed by atoms with Crippen molar-refractivity contribution >= 4 is 55.1 Å². The minimum atomic E-state index is -0.146. The van der Waals surface area contributed by atoms with Gasteiger partial charge < -0.3 is 5.32 Å². The van der Waals surface area contributed by atoms with Crippen LogP contribution in [-0.2, 0) is 17.8 Å². The van der Waals surface area contributed by atoms with Gasteiger partial charge in [0.05, 0.1) is 17.8 Å². The summed E-state index contributed by atoms with van der Waals surface area (Å²) in [6.45, 7) is 4.51. The van der Waals surface area contributed by atoms with E-state index >= 15 is 0 Å².